The standard InChI is InChI=1S/C22H20ClN5O2/c1-13-19(9-15-5-3-4-6-18(15)22(30)26-12-21(25)29)14(2)28(27-13)17-8-7-16(11-24)20(23)10-17/h3-8,10H,9,12H2,1-2H3,(H2,25,29)(H,26,30). The molecule has 1 heterocycles. The Bertz CT molecular complexity index is 1180. The number of halogens is 1. The molecule has 0 fully saturated rings. The summed E-state index contributed by atoms with van der Waals surface area (Å²) in [6.07, 6.45) is 0.488. The van der Waals surface area contributed by atoms with E-state index in [4.69, 9.17) is 22.6 Å². The van der Waals surface area contributed by atoms with Gasteiger partial charge >= 0.3 is 0 Å². The van der Waals surface area contributed by atoms with Crippen LogP contribution in [-0.2, 0) is 11.2 Å². The van der Waals surface area contributed by atoms with Gasteiger partial charge < -0.3 is 11.1 Å². The van der Waals surface area contributed by atoms with Crippen molar-refractivity contribution in [3.63, 3.8) is 0 Å². The number of nitrogens with zero attached hydrogens (tertiary/aromatic N) is 3. The molecular formula is C22H20ClN5O2. The molecule has 2 amide bonds. The number of benzene rings is 2. The highest BCUT2D eigenvalue weighted by molar-refractivity contribution is 6.31. The highest BCUT2D eigenvalue weighted by atomic mass is 35.5. The van der Waals surface area contributed by atoms with Crippen molar-refractivity contribution in [1.29, 1.82) is 5.26 Å². The second-order valence-electron chi connectivity index (χ2n) is 6.82. The fourth-order valence-corrected chi connectivity index (χ4v) is 3.47. The number of aryl methyl sites for hydroxylation is 1. The Labute approximate surface area is 179 Å². The number of carbonyl (C=O) groups excluding carboxylic acids is 2. The molecule has 8 heteroatoms. The molecule has 0 aliphatic heterocycles. The average molecular weight is 422 g/mol. The summed E-state index contributed by atoms with van der Waals surface area (Å²) in [7, 11) is 0. The van der Waals surface area contributed by atoms with E-state index in [2.05, 4.69) is 10.4 Å². The minimum Gasteiger partial charge on any atom is -0.368 e. The summed E-state index contributed by atoms with van der Waals surface area (Å²) < 4.78 is 1.77. The van der Waals surface area contributed by atoms with Gasteiger partial charge in [-0.1, -0.05) is 29.8 Å². The topological polar surface area (TPSA) is 114 Å². The van der Waals surface area contributed by atoms with Crippen molar-refractivity contribution in [3.05, 3.63) is 81.1 Å². The van der Waals surface area contributed by atoms with Crippen molar-refractivity contribution in [1.82, 2.24) is 15.1 Å². The third kappa shape index (κ3) is 4.34. The summed E-state index contributed by atoms with van der Waals surface area (Å²) in [5.41, 5.74) is 10.3. The lowest BCUT2D eigenvalue weighted by Crippen LogP contribution is -2.33. The van der Waals surface area contributed by atoms with Crippen molar-refractivity contribution in [2.75, 3.05) is 6.54 Å². The predicted molar refractivity (Wildman–Crippen MR) is 114 cm³/mol. The maximum atomic E-state index is 12.5. The summed E-state index contributed by atoms with van der Waals surface area (Å²) in [6, 6.07) is 14.4. The SMILES string of the molecule is Cc1nn(-c2ccc(C#N)c(Cl)c2)c(C)c1Cc1ccccc1C(=O)NCC(N)=O. The van der Waals surface area contributed by atoms with E-state index in [0.717, 1.165) is 28.2 Å². The monoisotopic (exact) mass is 421 g/mol. The first-order valence-corrected chi connectivity index (χ1v) is 9.59. The largest absolute Gasteiger partial charge is 0.368 e. The zero-order valence-corrected chi connectivity index (χ0v) is 17.3. The first-order chi connectivity index (χ1) is 14.3. The van der Waals surface area contributed by atoms with Crippen LogP contribution in [0.3, 0.4) is 0 Å². The second kappa shape index (κ2) is 8.80. The quantitative estimate of drug-likeness (QED) is 0.636. The smallest absolute Gasteiger partial charge is 0.252 e. The fourth-order valence-electron chi connectivity index (χ4n) is 3.26. The third-order valence-electron chi connectivity index (χ3n) is 4.81. The lowest BCUT2D eigenvalue weighted by molar-refractivity contribution is -0.117. The average Bonchev–Trinajstić information content (AvgIpc) is 3.00. The van der Waals surface area contributed by atoms with Gasteiger partial charge in [0.2, 0.25) is 5.91 Å². The van der Waals surface area contributed by atoms with Gasteiger partial charge in [0.15, 0.2) is 0 Å². The number of nitrogens with two attached hydrogens (primary N) is 1. The molecule has 0 aliphatic carbocycles. The highest BCUT2D eigenvalue weighted by Gasteiger charge is 2.18. The normalized spacial score (nSPS) is 10.5. The number of rotatable bonds is 6. The van der Waals surface area contributed by atoms with Crippen LogP contribution in [0.25, 0.3) is 5.69 Å². The summed E-state index contributed by atoms with van der Waals surface area (Å²) in [5.74, 6) is -0.958. The van der Waals surface area contributed by atoms with Gasteiger partial charge in [0, 0.05) is 23.2 Å². The molecule has 0 spiro atoms. The van der Waals surface area contributed by atoms with Crippen LogP contribution >= 0.6 is 11.6 Å². The first kappa shape index (κ1) is 21.1. The molecule has 0 aliphatic rings. The van der Waals surface area contributed by atoms with E-state index in [9.17, 15) is 9.59 Å². The molecule has 152 valence electrons. The molecular weight excluding hydrogens is 402 g/mol. The van der Waals surface area contributed by atoms with E-state index in [1.165, 1.54) is 0 Å². The minimum absolute atomic E-state index is 0.220. The van der Waals surface area contributed by atoms with E-state index in [1.54, 1.807) is 35.0 Å². The Morgan fingerprint density at radius 3 is 2.63 bits per heavy atom. The maximum absolute atomic E-state index is 12.5. The second-order valence-corrected chi connectivity index (χ2v) is 7.23. The number of nitrogens with one attached hydrogen (secondary N) is 1. The lowest BCUT2D eigenvalue weighted by atomic mass is 9.98. The van der Waals surface area contributed by atoms with Crippen molar-refractivity contribution >= 4 is 23.4 Å². The highest BCUT2D eigenvalue weighted by Crippen LogP contribution is 2.25. The Balaban J connectivity index is 1.94. The van der Waals surface area contributed by atoms with Gasteiger partial charge in [-0.25, -0.2) is 4.68 Å². The molecule has 3 rings (SSSR count). The van der Waals surface area contributed by atoms with Gasteiger partial charge in [-0.05, 0) is 43.7 Å². The van der Waals surface area contributed by atoms with E-state index in [-0.39, 0.29) is 12.5 Å². The number of hydrogen-bond donors (Lipinski definition) is 2. The molecule has 7 nitrogen and oxygen atoms in total. The van der Waals surface area contributed by atoms with Crippen molar-refractivity contribution < 1.29 is 9.59 Å². The Morgan fingerprint density at radius 1 is 1.23 bits per heavy atom. The number of aromatic nitrogens is 2. The van der Waals surface area contributed by atoms with E-state index >= 15 is 0 Å². The summed E-state index contributed by atoms with van der Waals surface area (Å²) >= 11 is 6.17. The molecule has 0 atom stereocenters. The number of carbonyl (C=O) groups is 2. The Hall–Kier alpha value is -3.63. The van der Waals surface area contributed by atoms with Crippen LogP contribution < -0.4 is 11.1 Å². The van der Waals surface area contributed by atoms with Gasteiger partial charge in [-0.2, -0.15) is 10.4 Å². The summed E-state index contributed by atoms with van der Waals surface area (Å²) in [5, 5.41) is 16.6. The van der Waals surface area contributed by atoms with Gasteiger partial charge in [-0.3, -0.25) is 9.59 Å². The molecule has 1 aromatic heterocycles. The summed E-state index contributed by atoms with van der Waals surface area (Å²) in [6.45, 7) is 3.62. The van der Waals surface area contributed by atoms with E-state index in [0.29, 0.717) is 22.6 Å². The van der Waals surface area contributed by atoms with Crippen molar-refractivity contribution in [3.8, 4) is 11.8 Å². The zero-order valence-electron chi connectivity index (χ0n) is 16.6. The Kier molecular flexibility index (Phi) is 6.19. The molecule has 0 saturated heterocycles. The predicted octanol–water partition coefficient (Wildman–Crippen LogP) is 2.82. The van der Waals surface area contributed by atoms with Crippen LogP contribution in [0, 0.1) is 25.2 Å². The van der Waals surface area contributed by atoms with E-state index < -0.39 is 5.91 Å². The van der Waals surface area contributed by atoms with Gasteiger partial charge in [0.25, 0.3) is 5.91 Å². The number of amides is 2. The number of hydrogen-bond acceptors (Lipinski definition) is 4. The molecule has 0 unspecified atom stereocenters. The molecule has 3 aromatic rings. The van der Waals surface area contributed by atoms with Gasteiger partial charge in [-0.15, -0.1) is 0 Å². The molecule has 0 radical (unpaired) electrons. The lowest BCUT2D eigenvalue weighted by Gasteiger charge is -2.10. The van der Waals surface area contributed by atoms with Gasteiger partial charge in [0.1, 0.15) is 6.07 Å². The Morgan fingerprint density at radius 2 is 1.97 bits per heavy atom. The van der Waals surface area contributed by atoms with Crippen LogP contribution in [0.2, 0.25) is 5.02 Å². The van der Waals surface area contributed by atoms with E-state index in [1.807, 2.05) is 32.0 Å². The van der Waals surface area contributed by atoms with Crippen LogP contribution in [0.15, 0.2) is 42.5 Å². The van der Waals surface area contributed by atoms with Gasteiger partial charge in [0.05, 0.1) is 28.5 Å². The fraction of sp³-hybridized carbons (Fsp3) is 0.182. The maximum Gasteiger partial charge on any atom is 0.252 e. The van der Waals surface area contributed by atoms with Crippen molar-refractivity contribution in [2.24, 2.45) is 5.73 Å². The summed E-state index contributed by atoms with van der Waals surface area (Å²) in [4.78, 5) is 23.4. The first-order valence-electron chi connectivity index (χ1n) is 9.21. The zero-order chi connectivity index (χ0) is 21.8. The minimum atomic E-state index is -0.602. The number of nitriles is 1. The van der Waals surface area contributed by atoms with Crippen molar-refractivity contribution in [2.45, 2.75) is 20.3 Å². The third-order valence-corrected chi connectivity index (χ3v) is 5.12. The molecule has 2 aromatic carbocycles. The molecule has 30 heavy (non-hydrogen) atoms. The van der Waals surface area contributed by atoms with Crippen LogP contribution in [-0.4, -0.2) is 28.1 Å². The molecule has 0 bridgehead atoms. The molecule has 3 N–H and O–H groups in total. The van der Waals surface area contributed by atoms with Crippen LogP contribution in [0.1, 0.15) is 38.4 Å². The van der Waals surface area contributed by atoms with Crippen LogP contribution in [0.4, 0.5) is 0 Å². The van der Waals surface area contributed by atoms with Crippen LogP contribution in [0.5, 0.6) is 0 Å². The molecule has 0 saturated carbocycles. The number of primary amides is 1.